The largest absolute Gasteiger partial charge is 0.433 e. The Bertz CT molecular complexity index is 399. The van der Waals surface area contributed by atoms with Crippen LogP contribution in [0.25, 0.3) is 0 Å². The van der Waals surface area contributed by atoms with Crippen molar-refractivity contribution in [2.24, 2.45) is 11.1 Å². The van der Waals surface area contributed by atoms with Crippen LogP contribution < -0.4 is 0 Å². The predicted molar refractivity (Wildman–Crippen MR) is 52.9 cm³/mol. The van der Waals surface area contributed by atoms with Crippen molar-refractivity contribution in [1.82, 2.24) is 0 Å². The van der Waals surface area contributed by atoms with Gasteiger partial charge in [-0.3, -0.25) is 0 Å². The second kappa shape index (κ2) is 3.81. The average Bonchev–Trinajstić information content (AvgIpc) is 2.61. The van der Waals surface area contributed by atoms with Gasteiger partial charge >= 0.3 is 6.18 Å². The summed E-state index contributed by atoms with van der Waals surface area (Å²) < 4.78 is 37.5. The summed E-state index contributed by atoms with van der Waals surface area (Å²) >= 11 is 0. The number of hydrogen-bond donors (Lipinski definition) is 0. The van der Waals surface area contributed by atoms with Gasteiger partial charge in [0, 0.05) is 0 Å². The Hall–Kier alpha value is -1.52. The molecule has 0 unspecified atom stereocenters. The normalized spacial score (nSPS) is 25.1. The fourth-order valence-corrected chi connectivity index (χ4v) is 1.73. The van der Waals surface area contributed by atoms with E-state index in [0.717, 1.165) is 0 Å². The molecule has 0 radical (unpaired) electrons. The highest BCUT2D eigenvalue weighted by Crippen LogP contribution is 2.37. The summed E-state index contributed by atoms with van der Waals surface area (Å²) in [7, 11) is 0. The summed E-state index contributed by atoms with van der Waals surface area (Å²) in [5, 5.41) is 3.14. The highest BCUT2D eigenvalue weighted by Gasteiger charge is 2.47. The van der Waals surface area contributed by atoms with Crippen molar-refractivity contribution in [3.63, 3.8) is 0 Å². The third kappa shape index (κ3) is 1.89. The number of halogens is 3. The first-order valence-corrected chi connectivity index (χ1v) is 4.86. The van der Waals surface area contributed by atoms with Crippen molar-refractivity contribution in [1.29, 1.82) is 0 Å². The maximum absolute atomic E-state index is 12.5. The number of oxime groups is 1. The van der Waals surface area contributed by atoms with Gasteiger partial charge in [-0.05, 0) is 5.56 Å². The molecule has 1 aromatic rings. The highest BCUT2D eigenvalue weighted by molar-refractivity contribution is 5.92. The van der Waals surface area contributed by atoms with E-state index in [1.54, 1.807) is 30.3 Å². The minimum absolute atomic E-state index is 0.641. The first kappa shape index (κ1) is 11.0. The molecule has 2 atom stereocenters. The molecule has 1 aliphatic rings. The van der Waals surface area contributed by atoms with E-state index in [0.29, 0.717) is 5.56 Å². The van der Waals surface area contributed by atoms with E-state index in [2.05, 4.69) is 5.16 Å². The fourth-order valence-electron chi connectivity index (χ4n) is 1.73. The Balaban J connectivity index is 2.21. The molecule has 0 spiro atoms. The summed E-state index contributed by atoms with van der Waals surface area (Å²) in [5.74, 6) is -0.776. The lowest BCUT2D eigenvalue weighted by Crippen LogP contribution is -2.28. The minimum Gasteiger partial charge on any atom is -0.387 e. The summed E-state index contributed by atoms with van der Waals surface area (Å²) in [6, 6.07) is 8.79. The van der Waals surface area contributed by atoms with E-state index < -0.39 is 23.9 Å². The Kier molecular flexibility index (Phi) is 2.61. The Morgan fingerprint density at radius 2 is 1.81 bits per heavy atom. The first-order chi connectivity index (χ1) is 7.50. The summed E-state index contributed by atoms with van der Waals surface area (Å²) in [6.45, 7) is 1.47. The van der Waals surface area contributed by atoms with Crippen molar-refractivity contribution < 1.29 is 18.0 Å². The van der Waals surface area contributed by atoms with Gasteiger partial charge in [0.1, 0.15) is 0 Å². The van der Waals surface area contributed by atoms with E-state index in [1.165, 1.54) is 6.92 Å². The van der Waals surface area contributed by atoms with Crippen LogP contribution in [-0.2, 0) is 4.84 Å². The molecule has 2 nitrogen and oxygen atoms in total. The molecule has 0 aromatic heterocycles. The second-order valence-corrected chi connectivity index (χ2v) is 3.70. The molecular formula is C11H10F3NO. The molecule has 0 aliphatic carbocycles. The highest BCUT2D eigenvalue weighted by atomic mass is 19.4. The van der Waals surface area contributed by atoms with E-state index in [-0.39, 0.29) is 0 Å². The number of rotatable bonds is 1. The molecule has 0 fully saturated rings. The first-order valence-electron chi connectivity index (χ1n) is 4.86. The second-order valence-electron chi connectivity index (χ2n) is 3.70. The van der Waals surface area contributed by atoms with Gasteiger partial charge in [-0.15, -0.1) is 0 Å². The smallest absolute Gasteiger partial charge is 0.387 e. The van der Waals surface area contributed by atoms with Gasteiger partial charge in [0.15, 0.2) is 11.8 Å². The van der Waals surface area contributed by atoms with Crippen LogP contribution in [0.4, 0.5) is 13.2 Å². The summed E-state index contributed by atoms with van der Waals surface area (Å²) in [5.41, 5.74) is -0.139. The van der Waals surface area contributed by atoms with Crippen LogP contribution in [-0.4, -0.2) is 11.9 Å². The molecule has 5 heteroatoms. The maximum Gasteiger partial charge on any atom is 0.433 e. The molecule has 16 heavy (non-hydrogen) atoms. The summed E-state index contributed by atoms with van der Waals surface area (Å²) in [6.07, 6.45) is -5.05. The Labute approximate surface area is 90.7 Å². The van der Waals surface area contributed by atoms with Crippen molar-refractivity contribution in [3.8, 4) is 0 Å². The lowest BCUT2D eigenvalue weighted by Gasteiger charge is -2.15. The van der Waals surface area contributed by atoms with Crippen LogP contribution in [0.3, 0.4) is 0 Å². The van der Waals surface area contributed by atoms with Gasteiger partial charge in [0.05, 0.1) is 5.92 Å². The predicted octanol–water partition coefficient (Wildman–Crippen LogP) is 3.31. The van der Waals surface area contributed by atoms with Crippen LogP contribution in [0, 0.1) is 5.92 Å². The average molecular weight is 229 g/mol. The van der Waals surface area contributed by atoms with Crippen molar-refractivity contribution in [2.75, 3.05) is 0 Å². The van der Waals surface area contributed by atoms with E-state index >= 15 is 0 Å². The van der Waals surface area contributed by atoms with Crippen molar-refractivity contribution in [3.05, 3.63) is 35.9 Å². The van der Waals surface area contributed by atoms with Gasteiger partial charge < -0.3 is 4.84 Å². The standard InChI is InChI=1S/C11H10F3NO/c1-7-9(8-5-3-2-4-6-8)16-15-10(7)11(12,13)14/h2-7,9H,1H3/t7-,9+/m0/s1. The van der Waals surface area contributed by atoms with Crippen LogP contribution in [0.5, 0.6) is 0 Å². The van der Waals surface area contributed by atoms with Gasteiger partial charge in [0.25, 0.3) is 0 Å². The molecule has 86 valence electrons. The lowest BCUT2D eigenvalue weighted by atomic mass is 9.94. The minimum atomic E-state index is -4.41. The monoisotopic (exact) mass is 229 g/mol. The molecule has 1 heterocycles. The van der Waals surface area contributed by atoms with Gasteiger partial charge in [-0.25, -0.2) is 0 Å². The maximum atomic E-state index is 12.5. The molecule has 0 amide bonds. The molecule has 2 rings (SSSR count). The molecule has 1 aliphatic heterocycles. The van der Waals surface area contributed by atoms with E-state index in [4.69, 9.17) is 4.84 Å². The van der Waals surface area contributed by atoms with Gasteiger partial charge in [-0.1, -0.05) is 42.4 Å². The molecule has 0 bridgehead atoms. The zero-order valence-electron chi connectivity index (χ0n) is 8.53. The lowest BCUT2D eigenvalue weighted by molar-refractivity contribution is -0.0620. The van der Waals surface area contributed by atoms with Gasteiger partial charge in [0.2, 0.25) is 0 Å². The fraction of sp³-hybridized carbons (Fsp3) is 0.364. The third-order valence-electron chi connectivity index (χ3n) is 2.57. The van der Waals surface area contributed by atoms with Crippen molar-refractivity contribution in [2.45, 2.75) is 19.2 Å². The SMILES string of the molecule is C[C@@H]1C(C(F)(F)F)=NO[C@H]1c1ccccc1. The number of benzene rings is 1. The molecule has 0 saturated carbocycles. The quantitative estimate of drug-likeness (QED) is 0.723. The molecule has 0 N–H and O–H groups in total. The summed E-state index contributed by atoms with van der Waals surface area (Å²) in [4.78, 5) is 4.86. The van der Waals surface area contributed by atoms with Gasteiger partial charge in [-0.2, -0.15) is 13.2 Å². The van der Waals surface area contributed by atoms with E-state index in [1.807, 2.05) is 0 Å². The zero-order chi connectivity index (χ0) is 11.8. The topological polar surface area (TPSA) is 21.6 Å². The molecule has 0 saturated heterocycles. The Morgan fingerprint density at radius 1 is 1.19 bits per heavy atom. The number of alkyl halides is 3. The van der Waals surface area contributed by atoms with Crippen molar-refractivity contribution >= 4 is 5.71 Å². The number of nitrogens with zero attached hydrogens (tertiary/aromatic N) is 1. The number of hydrogen-bond acceptors (Lipinski definition) is 2. The van der Waals surface area contributed by atoms with Crippen LogP contribution in [0.1, 0.15) is 18.6 Å². The Morgan fingerprint density at radius 3 is 2.31 bits per heavy atom. The third-order valence-corrected chi connectivity index (χ3v) is 2.57. The van der Waals surface area contributed by atoms with Crippen LogP contribution in [0.15, 0.2) is 35.5 Å². The van der Waals surface area contributed by atoms with Crippen LogP contribution >= 0.6 is 0 Å². The van der Waals surface area contributed by atoms with Crippen LogP contribution in [0.2, 0.25) is 0 Å². The zero-order valence-corrected chi connectivity index (χ0v) is 8.53. The van der Waals surface area contributed by atoms with E-state index in [9.17, 15) is 13.2 Å². The molecular weight excluding hydrogens is 219 g/mol. The molecule has 1 aromatic carbocycles.